The van der Waals surface area contributed by atoms with Gasteiger partial charge in [-0.05, 0) is 49.7 Å². The molecule has 1 aromatic heterocycles. The van der Waals surface area contributed by atoms with E-state index in [0.29, 0.717) is 18.4 Å². The second-order valence-electron chi connectivity index (χ2n) is 5.37. The van der Waals surface area contributed by atoms with E-state index in [1.165, 1.54) is 24.3 Å². The van der Waals surface area contributed by atoms with Crippen molar-refractivity contribution in [1.82, 2.24) is 20.8 Å². The largest absolute Gasteiger partial charge is 0.349 e. The van der Waals surface area contributed by atoms with Crippen LogP contribution in [0.5, 0.6) is 0 Å². The molecule has 3 heterocycles. The standard InChI is InChI=1S/C13H20N4O2S/c18-12(15-8-9-3-6-20-7-4-9)11-16-13(19-17-11)10-2-1-5-14-10/h9-10,14H,1-8H2,(H,15,18). The fraction of sp³-hybridized carbons (Fsp3) is 0.769. The van der Waals surface area contributed by atoms with Crippen molar-refractivity contribution in [3.05, 3.63) is 11.7 Å². The van der Waals surface area contributed by atoms with Crippen LogP contribution in [0.25, 0.3) is 0 Å². The quantitative estimate of drug-likeness (QED) is 0.873. The molecule has 0 radical (unpaired) electrons. The summed E-state index contributed by atoms with van der Waals surface area (Å²) in [4.78, 5) is 16.2. The lowest BCUT2D eigenvalue weighted by molar-refractivity contribution is 0.0933. The second kappa shape index (κ2) is 6.58. The van der Waals surface area contributed by atoms with E-state index in [1.807, 2.05) is 11.8 Å². The van der Waals surface area contributed by atoms with E-state index >= 15 is 0 Å². The number of nitrogens with one attached hydrogen (secondary N) is 2. The van der Waals surface area contributed by atoms with Crippen molar-refractivity contribution in [3.8, 4) is 0 Å². The molecule has 0 aromatic carbocycles. The van der Waals surface area contributed by atoms with Crippen LogP contribution in [0.3, 0.4) is 0 Å². The highest BCUT2D eigenvalue weighted by molar-refractivity contribution is 7.99. The van der Waals surface area contributed by atoms with Gasteiger partial charge in [0, 0.05) is 6.54 Å². The normalized spacial score (nSPS) is 23.9. The molecule has 1 atom stereocenters. The van der Waals surface area contributed by atoms with Crippen molar-refractivity contribution in [2.24, 2.45) is 5.92 Å². The second-order valence-corrected chi connectivity index (χ2v) is 6.60. The van der Waals surface area contributed by atoms with E-state index in [2.05, 4.69) is 20.8 Å². The highest BCUT2D eigenvalue weighted by atomic mass is 32.2. The summed E-state index contributed by atoms with van der Waals surface area (Å²) in [7, 11) is 0. The minimum atomic E-state index is -0.226. The number of carbonyl (C=O) groups excluding carboxylic acids is 1. The van der Waals surface area contributed by atoms with Gasteiger partial charge in [-0.25, -0.2) is 0 Å². The molecule has 2 fully saturated rings. The predicted molar refractivity (Wildman–Crippen MR) is 76.7 cm³/mol. The van der Waals surface area contributed by atoms with Crippen molar-refractivity contribution >= 4 is 17.7 Å². The summed E-state index contributed by atoms with van der Waals surface area (Å²) >= 11 is 1.99. The van der Waals surface area contributed by atoms with Crippen LogP contribution in [-0.4, -0.2) is 40.6 Å². The van der Waals surface area contributed by atoms with Crippen LogP contribution >= 0.6 is 11.8 Å². The van der Waals surface area contributed by atoms with Gasteiger partial charge in [0.25, 0.3) is 11.7 Å². The van der Waals surface area contributed by atoms with Crippen LogP contribution in [0.2, 0.25) is 0 Å². The number of nitrogens with zero attached hydrogens (tertiary/aromatic N) is 2. The molecule has 3 rings (SSSR count). The van der Waals surface area contributed by atoms with Crippen LogP contribution in [0.4, 0.5) is 0 Å². The van der Waals surface area contributed by atoms with Gasteiger partial charge in [0.15, 0.2) is 0 Å². The van der Waals surface area contributed by atoms with Gasteiger partial charge in [0.05, 0.1) is 6.04 Å². The Kier molecular flexibility index (Phi) is 4.57. The first kappa shape index (κ1) is 13.9. The first-order valence-corrected chi connectivity index (χ1v) is 8.41. The molecule has 1 unspecified atom stereocenters. The van der Waals surface area contributed by atoms with Gasteiger partial charge >= 0.3 is 0 Å². The first-order valence-electron chi connectivity index (χ1n) is 7.26. The molecule has 2 aliphatic heterocycles. The van der Waals surface area contributed by atoms with Gasteiger partial charge in [-0.2, -0.15) is 16.7 Å². The zero-order chi connectivity index (χ0) is 13.8. The highest BCUT2D eigenvalue weighted by Gasteiger charge is 2.24. The van der Waals surface area contributed by atoms with Crippen LogP contribution in [-0.2, 0) is 0 Å². The van der Waals surface area contributed by atoms with E-state index in [0.717, 1.165) is 19.4 Å². The fourth-order valence-corrected chi connectivity index (χ4v) is 3.84. The lowest BCUT2D eigenvalue weighted by Gasteiger charge is -2.20. The predicted octanol–water partition coefficient (Wildman–Crippen LogP) is 1.37. The molecule has 0 saturated carbocycles. The number of aromatic nitrogens is 2. The Labute approximate surface area is 122 Å². The zero-order valence-electron chi connectivity index (χ0n) is 11.4. The highest BCUT2D eigenvalue weighted by Crippen LogP contribution is 2.22. The Morgan fingerprint density at radius 1 is 1.40 bits per heavy atom. The van der Waals surface area contributed by atoms with Gasteiger partial charge in [-0.1, -0.05) is 5.16 Å². The Balaban J connectivity index is 1.51. The third-order valence-electron chi connectivity index (χ3n) is 3.90. The molecule has 0 aliphatic carbocycles. The molecule has 1 amide bonds. The maximum absolute atomic E-state index is 12.0. The molecule has 20 heavy (non-hydrogen) atoms. The van der Waals surface area contributed by atoms with Crippen molar-refractivity contribution < 1.29 is 9.32 Å². The van der Waals surface area contributed by atoms with Crippen molar-refractivity contribution in [1.29, 1.82) is 0 Å². The zero-order valence-corrected chi connectivity index (χ0v) is 12.2. The maximum atomic E-state index is 12.0. The molecular weight excluding hydrogens is 276 g/mol. The summed E-state index contributed by atoms with van der Waals surface area (Å²) in [5.74, 6) is 3.43. The molecule has 7 heteroatoms. The van der Waals surface area contributed by atoms with Gasteiger partial charge < -0.3 is 15.2 Å². The molecule has 0 bridgehead atoms. The number of thioether (sulfide) groups is 1. The molecule has 2 aliphatic rings. The SMILES string of the molecule is O=C(NCC1CCSCC1)c1noc(C2CCCN2)n1. The molecule has 2 saturated heterocycles. The summed E-state index contributed by atoms with van der Waals surface area (Å²) in [5.41, 5.74) is 0. The Hall–Kier alpha value is -1.08. The lowest BCUT2D eigenvalue weighted by atomic mass is 10.0. The van der Waals surface area contributed by atoms with E-state index in [4.69, 9.17) is 4.52 Å². The molecule has 1 aromatic rings. The summed E-state index contributed by atoms with van der Waals surface area (Å²) in [5, 5.41) is 9.98. The monoisotopic (exact) mass is 296 g/mol. The molecule has 110 valence electrons. The number of hydrogen-bond donors (Lipinski definition) is 2. The Morgan fingerprint density at radius 3 is 3.00 bits per heavy atom. The van der Waals surface area contributed by atoms with Crippen molar-refractivity contribution in [2.45, 2.75) is 31.7 Å². The van der Waals surface area contributed by atoms with E-state index in [9.17, 15) is 4.79 Å². The Bertz CT molecular complexity index is 453. The third-order valence-corrected chi connectivity index (χ3v) is 4.94. The number of carbonyl (C=O) groups is 1. The van der Waals surface area contributed by atoms with Gasteiger partial charge in [-0.15, -0.1) is 0 Å². The fourth-order valence-electron chi connectivity index (χ4n) is 2.63. The van der Waals surface area contributed by atoms with Crippen LogP contribution < -0.4 is 10.6 Å². The summed E-state index contributed by atoms with van der Waals surface area (Å²) in [6, 6.07) is 0.111. The third kappa shape index (κ3) is 3.32. The first-order chi connectivity index (χ1) is 9.83. The average Bonchev–Trinajstić information content (AvgIpc) is 3.16. The molecule has 2 N–H and O–H groups in total. The molecular formula is C13H20N4O2S. The van der Waals surface area contributed by atoms with E-state index in [1.54, 1.807) is 0 Å². The van der Waals surface area contributed by atoms with Gasteiger partial charge in [0.2, 0.25) is 5.89 Å². The maximum Gasteiger partial charge on any atom is 0.292 e. The van der Waals surface area contributed by atoms with Crippen LogP contribution in [0, 0.1) is 5.92 Å². The minimum absolute atomic E-state index is 0.111. The topological polar surface area (TPSA) is 80.0 Å². The van der Waals surface area contributed by atoms with Crippen molar-refractivity contribution in [3.63, 3.8) is 0 Å². The minimum Gasteiger partial charge on any atom is -0.349 e. The smallest absolute Gasteiger partial charge is 0.292 e. The number of hydrogen-bond acceptors (Lipinski definition) is 6. The molecule has 0 spiro atoms. The Morgan fingerprint density at radius 2 is 2.25 bits per heavy atom. The summed E-state index contributed by atoms with van der Waals surface area (Å²) in [6.45, 7) is 1.68. The summed E-state index contributed by atoms with van der Waals surface area (Å²) in [6.07, 6.45) is 4.44. The lowest BCUT2D eigenvalue weighted by Crippen LogP contribution is -2.31. The van der Waals surface area contributed by atoms with E-state index in [-0.39, 0.29) is 17.8 Å². The van der Waals surface area contributed by atoms with Crippen molar-refractivity contribution in [2.75, 3.05) is 24.6 Å². The number of rotatable bonds is 4. The van der Waals surface area contributed by atoms with Crippen LogP contribution in [0.1, 0.15) is 48.2 Å². The van der Waals surface area contributed by atoms with Gasteiger partial charge in [-0.3, -0.25) is 4.79 Å². The molecule has 6 nitrogen and oxygen atoms in total. The van der Waals surface area contributed by atoms with Crippen LogP contribution in [0.15, 0.2) is 4.52 Å². The average molecular weight is 296 g/mol. The van der Waals surface area contributed by atoms with E-state index < -0.39 is 0 Å². The summed E-state index contributed by atoms with van der Waals surface area (Å²) < 4.78 is 5.17. The van der Waals surface area contributed by atoms with Gasteiger partial charge in [0.1, 0.15) is 0 Å². The number of amides is 1.